The first kappa shape index (κ1) is 43.5. The van der Waals surface area contributed by atoms with Gasteiger partial charge in [0.1, 0.15) is 47.0 Å². The number of carbonyl (C=O) groups is 2. The molecule has 0 saturated carbocycles. The lowest BCUT2D eigenvalue weighted by Gasteiger charge is -2.42. The number of fused-ring (bicyclic) bond motifs is 5. The Morgan fingerprint density at radius 3 is 2.47 bits per heavy atom. The molecule has 14 heteroatoms. The summed E-state index contributed by atoms with van der Waals surface area (Å²) >= 11 is 0. The Kier molecular flexibility index (Phi) is 12.6. The summed E-state index contributed by atoms with van der Waals surface area (Å²) < 4.78 is 65.6. The van der Waals surface area contributed by atoms with E-state index in [0.29, 0.717) is 49.1 Å². The van der Waals surface area contributed by atoms with Crippen molar-refractivity contribution in [2.24, 2.45) is 0 Å². The van der Waals surface area contributed by atoms with Gasteiger partial charge in [-0.05, 0) is 83.0 Å². The topological polar surface area (TPSA) is 110 Å². The van der Waals surface area contributed by atoms with Gasteiger partial charge in [0.25, 0.3) is 0 Å². The maximum atomic E-state index is 17.5. The third kappa shape index (κ3) is 8.87. The van der Waals surface area contributed by atoms with Crippen LogP contribution in [0.2, 0.25) is 0 Å². The molecule has 2 aromatic heterocycles. The SMILES string of the molecule is C#Cc1c(F)ccc2cc(OC(=O)CCCCCCCCC)cc(-c3ncc4c(N5CC6CCC(C5)N6C(=O)OC(C)(C)C)nc(OC[C@@]56CCCN5C[C@H](F)C6)nc4c3F)c12. The van der Waals surface area contributed by atoms with E-state index >= 15 is 8.78 Å². The molecule has 8 rings (SSSR count). The van der Waals surface area contributed by atoms with Crippen molar-refractivity contribution < 1.29 is 37.0 Å². The second-order valence-electron chi connectivity index (χ2n) is 18.5. The van der Waals surface area contributed by atoms with Gasteiger partial charge >= 0.3 is 18.1 Å². The summed E-state index contributed by atoms with van der Waals surface area (Å²) in [6.45, 7) is 9.71. The smallest absolute Gasteiger partial charge is 0.410 e. The number of piperazine rings is 1. The highest BCUT2D eigenvalue weighted by molar-refractivity contribution is 6.03. The molecule has 4 saturated heterocycles. The van der Waals surface area contributed by atoms with Crippen LogP contribution in [-0.2, 0) is 9.53 Å². The summed E-state index contributed by atoms with van der Waals surface area (Å²) in [5, 5.41) is 0.970. The zero-order valence-corrected chi connectivity index (χ0v) is 36.3. The largest absolute Gasteiger partial charge is 0.461 e. The average molecular weight is 855 g/mol. The molecule has 2 bridgehead atoms. The van der Waals surface area contributed by atoms with Crippen LogP contribution in [0.1, 0.15) is 117 Å². The number of halogens is 3. The summed E-state index contributed by atoms with van der Waals surface area (Å²) in [5.41, 5.74) is -1.42. The number of alkyl halides is 1. The monoisotopic (exact) mass is 854 g/mol. The normalized spacial score (nSPS) is 22.3. The Balaban J connectivity index is 1.17. The molecular weight excluding hydrogens is 798 g/mol. The number of hydrogen-bond acceptors (Lipinski definition) is 10. The van der Waals surface area contributed by atoms with Crippen molar-refractivity contribution in [3.63, 3.8) is 0 Å². The van der Waals surface area contributed by atoms with Crippen molar-refractivity contribution in [2.45, 2.75) is 141 Å². The van der Waals surface area contributed by atoms with Crippen LogP contribution in [-0.4, -0.2) is 99.0 Å². The zero-order valence-electron chi connectivity index (χ0n) is 36.3. The minimum atomic E-state index is -0.974. The Labute approximate surface area is 361 Å². The molecule has 0 radical (unpaired) electrons. The number of ether oxygens (including phenoxy) is 3. The van der Waals surface area contributed by atoms with E-state index in [0.717, 1.165) is 57.9 Å². The van der Waals surface area contributed by atoms with Gasteiger partial charge < -0.3 is 19.1 Å². The fourth-order valence-corrected chi connectivity index (χ4v) is 10.1. The van der Waals surface area contributed by atoms with Gasteiger partial charge in [0.15, 0.2) is 5.82 Å². The third-order valence-electron chi connectivity index (χ3n) is 12.9. The summed E-state index contributed by atoms with van der Waals surface area (Å²) in [5.74, 6) is 1.01. The standard InChI is InChI=1S/C48H57F3N6O5/c1-6-8-9-10-11-12-13-15-39(58)61-34-22-30-16-19-38(50)35(7-2)40(30)36(23-34)42-41(51)43-37(25-52-42)44(54-45(53-43)60-29-48-20-14-21-56(48)26-31(49)24-48)55-27-32-17-18-33(28-55)57(32)46(59)62-47(3,4)5/h2,16,19,22-23,25,31-33H,6,8-15,17-18,20-21,24,26-29H2,1,3-5H3/t31-,32?,33?,48+/m1/s1. The lowest BCUT2D eigenvalue weighted by molar-refractivity contribution is -0.134. The number of aromatic nitrogens is 3. The highest BCUT2D eigenvalue weighted by Gasteiger charge is 2.50. The lowest BCUT2D eigenvalue weighted by atomic mass is 9.95. The first-order valence-electron chi connectivity index (χ1n) is 22.4. The van der Waals surface area contributed by atoms with Gasteiger partial charge in [-0.25, -0.2) is 18.0 Å². The fourth-order valence-electron chi connectivity index (χ4n) is 10.1. The number of hydrogen-bond donors (Lipinski definition) is 0. The number of benzene rings is 2. The Bertz CT molecular complexity index is 2370. The molecule has 4 aliphatic rings. The van der Waals surface area contributed by atoms with E-state index in [9.17, 15) is 14.0 Å². The number of rotatable bonds is 14. The minimum Gasteiger partial charge on any atom is -0.461 e. The van der Waals surface area contributed by atoms with Crippen molar-refractivity contribution in [1.29, 1.82) is 0 Å². The molecular formula is C48H57F3N6O5. The maximum absolute atomic E-state index is 17.5. The molecule has 6 heterocycles. The summed E-state index contributed by atoms with van der Waals surface area (Å²) in [7, 11) is 0. The van der Waals surface area contributed by atoms with Crippen molar-refractivity contribution in [1.82, 2.24) is 24.8 Å². The van der Waals surface area contributed by atoms with Crippen LogP contribution >= 0.6 is 0 Å². The highest BCUT2D eigenvalue weighted by Crippen LogP contribution is 2.43. The van der Waals surface area contributed by atoms with E-state index in [1.54, 1.807) is 6.07 Å². The van der Waals surface area contributed by atoms with Gasteiger partial charge in [0, 0.05) is 49.6 Å². The molecule has 4 aliphatic heterocycles. The first-order valence-corrected chi connectivity index (χ1v) is 22.4. The summed E-state index contributed by atoms with van der Waals surface area (Å²) in [6.07, 6.45) is 17.0. The van der Waals surface area contributed by atoms with Crippen LogP contribution in [0.3, 0.4) is 0 Å². The molecule has 2 unspecified atom stereocenters. The van der Waals surface area contributed by atoms with Gasteiger partial charge in [-0.15, -0.1) is 6.42 Å². The predicted octanol–water partition coefficient (Wildman–Crippen LogP) is 9.69. The Morgan fingerprint density at radius 2 is 1.74 bits per heavy atom. The van der Waals surface area contributed by atoms with Crippen molar-refractivity contribution in [2.75, 3.05) is 37.7 Å². The molecule has 1 amide bonds. The molecule has 0 spiro atoms. The van der Waals surface area contributed by atoms with E-state index in [-0.39, 0.29) is 70.7 Å². The maximum Gasteiger partial charge on any atom is 0.410 e. The molecule has 4 atom stereocenters. The lowest BCUT2D eigenvalue weighted by Crippen LogP contribution is -2.57. The number of carbonyl (C=O) groups excluding carboxylic acids is 2. The van der Waals surface area contributed by atoms with Crippen molar-refractivity contribution in [3.05, 3.63) is 47.7 Å². The van der Waals surface area contributed by atoms with Gasteiger partial charge in [-0.1, -0.05) is 57.4 Å². The van der Waals surface area contributed by atoms with E-state index in [1.807, 2.05) is 30.6 Å². The summed E-state index contributed by atoms with van der Waals surface area (Å²) in [4.78, 5) is 46.6. The quantitative estimate of drug-likeness (QED) is 0.0527. The minimum absolute atomic E-state index is 0.0812. The van der Waals surface area contributed by atoms with Crippen LogP contribution < -0.4 is 14.4 Å². The molecule has 0 aliphatic carbocycles. The Hall–Kier alpha value is -5.16. The number of nitrogens with zero attached hydrogens (tertiary/aromatic N) is 6. The number of anilines is 1. The fraction of sp³-hybridized carbons (Fsp3) is 0.562. The number of pyridine rings is 1. The second kappa shape index (κ2) is 17.9. The molecule has 62 heavy (non-hydrogen) atoms. The average Bonchev–Trinajstić information content (AvgIpc) is 3.85. The summed E-state index contributed by atoms with van der Waals surface area (Å²) in [6, 6.07) is 5.36. The highest BCUT2D eigenvalue weighted by atomic mass is 19.1. The van der Waals surface area contributed by atoms with Gasteiger partial charge in [-0.3, -0.25) is 19.6 Å². The van der Waals surface area contributed by atoms with Crippen LogP contribution in [0.5, 0.6) is 11.8 Å². The van der Waals surface area contributed by atoms with Gasteiger partial charge in [-0.2, -0.15) is 9.97 Å². The van der Waals surface area contributed by atoms with Gasteiger partial charge in [0.2, 0.25) is 0 Å². The number of terminal acetylenes is 1. The van der Waals surface area contributed by atoms with Crippen molar-refractivity contribution >= 4 is 39.6 Å². The molecule has 4 fully saturated rings. The number of esters is 1. The molecule has 330 valence electrons. The van der Waals surface area contributed by atoms with Crippen LogP contribution in [0, 0.1) is 24.0 Å². The molecule has 0 N–H and O–H groups in total. The number of amides is 1. The number of unbranched alkanes of at least 4 members (excludes halogenated alkanes) is 6. The second-order valence-corrected chi connectivity index (χ2v) is 18.5. The van der Waals surface area contributed by atoms with Crippen LogP contribution in [0.25, 0.3) is 32.9 Å². The first-order chi connectivity index (χ1) is 29.8. The van der Waals surface area contributed by atoms with E-state index in [2.05, 4.69) is 27.7 Å². The Morgan fingerprint density at radius 1 is 1.00 bits per heavy atom. The van der Waals surface area contributed by atoms with Crippen LogP contribution in [0.15, 0.2) is 30.5 Å². The van der Waals surface area contributed by atoms with E-state index in [1.165, 1.54) is 37.2 Å². The van der Waals surface area contributed by atoms with Crippen molar-refractivity contribution in [3.8, 4) is 35.4 Å². The molecule has 4 aromatic rings. The molecule has 11 nitrogen and oxygen atoms in total. The zero-order chi connectivity index (χ0) is 43.8. The van der Waals surface area contributed by atoms with E-state index < -0.39 is 34.9 Å². The van der Waals surface area contributed by atoms with E-state index in [4.69, 9.17) is 25.6 Å². The van der Waals surface area contributed by atoms with Crippen LogP contribution in [0.4, 0.5) is 23.8 Å². The predicted molar refractivity (Wildman–Crippen MR) is 232 cm³/mol. The third-order valence-corrected chi connectivity index (χ3v) is 12.9. The van der Waals surface area contributed by atoms with Gasteiger partial charge in [0.05, 0.1) is 28.6 Å². The molecule has 2 aromatic carbocycles.